The van der Waals surface area contributed by atoms with Crippen LogP contribution in [0.1, 0.15) is 31.7 Å². The highest BCUT2D eigenvalue weighted by atomic mass is 35.5. The first kappa shape index (κ1) is 15.3. The maximum Gasteiger partial charge on any atom is 0.219 e. The molecular formula is C15H17ClN4O. The topological polar surface area (TPSA) is 84.7 Å². The summed E-state index contributed by atoms with van der Waals surface area (Å²) in [6.45, 7) is 3.85. The smallest absolute Gasteiger partial charge is 0.219 e. The molecule has 2 rings (SSSR count). The van der Waals surface area contributed by atoms with E-state index in [0.29, 0.717) is 23.4 Å². The first-order chi connectivity index (χ1) is 9.90. The Labute approximate surface area is 128 Å². The molecule has 0 spiro atoms. The number of nitrogens with zero attached hydrogens (tertiary/aromatic N) is 3. The van der Waals surface area contributed by atoms with Crippen LogP contribution in [0.5, 0.6) is 0 Å². The van der Waals surface area contributed by atoms with Crippen molar-refractivity contribution in [1.82, 2.24) is 9.55 Å². The predicted octanol–water partition coefficient (Wildman–Crippen LogP) is 2.30. The molecule has 0 aliphatic heterocycles. The normalized spacial score (nSPS) is 11.5. The molecule has 0 aliphatic rings. The lowest BCUT2D eigenvalue weighted by atomic mass is 9.99. The third-order valence-electron chi connectivity index (χ3n) is 3.41. The fraction of sp³-hybridized carbons (Fsp3) is 0.400. The van der Waals surface area contributed by atoms with Crippen LogP contribution in [0.15, 0.2) is 18.2 Å². The third-order valence-corrected chi connectivity index (χ3v) is 3.59. The molecule has 0 fully saturated rings. The second-order valence-corrected chi connectivity index (χ2v) is 5.92. The Hall–Kier alpha value is -2.06. The van der Waals surface area contributed by atoms with Crippen molar-refractivity contribution < 1.29 is 4.79 Å². The van der Waals surface area contributed by atoms with Gasteiger partial charge in [-0.15, -0.1) is 11.6 Å². The molecule has 0 aliphatic carbocycles. The molecule has 1 aromatic heterocycles. The van der Waals surface area contributed by atoms with Gasteiger partial charge in [0.1, 0.15) is 17.4 Å². The van der Waals surface area contributed by atoms with Crippen molar-refractivity contribution in [2.45, 2.75) is 32.2 Å². The van der Waals surface area contributed by atoms with Gasteiger partial charge in [0.2, 0.25) is 5.91 Å². The van der Waals surface area contributed by atoms with Crippen LogP contribution < -0.4 is 5.73 Å². The van der Waals surface area contributed by atoms with Gasteiger partial charge in [-0.2, -0.15) is 5.26 Å². The number of hydrogen-bond acceptors (Lipinski definition) is 3. The predicted molar refractivity (Wildman–Crippen MR) is 82.0 cm³/mol. The van der Waals surface area contributed by atoms with E-state index in [1.54, 1.807) is 6.07 Å². The molecule has 21 heavy (non-hydrogen) atoms. The van der Waals surface area contributed by atoms with E-state index in [9.17, 15) is 10.1 Å². The molecule has 110 valence electrons. The Bertz CT molecular complexity index is 727. The van der Waals surface area contributed by atoms with Gasteiger partial charge in [-0.25, -0.2) is 4.98 Å². The van der Waals surface area contributed by atoms with E-state index >= 15 is 0 Å². The lowest BCUT2D eigenvalue weighted by molar-refractivity contribution is -0.119. The first-order valence-corrected chi connectivity index (χ1v) is 7.19. The average Bonchev–Trinajstić information content (AvgIpc) is 2.76. The summed E-state index contributed by atoms with van der Waals surface area (Å²) in [5.74, 6) is 0.793. The van der Waals surface area contributed by atoms with Gasteiger partial charge in [-0.05, 0) is 26.0 Å². The van der Waals surface area contributed by atoms with Crippen LogP contribution in [-0.4, -0.2) is 21.3 Å². The van der Waals surface area contributed by atoms with Crippen molar-refractivity contribution in [3.8, 4) is 6.07 Å². The summed E-state index contributed by atoms with van der Waals surface area (Å²) in [4.78, 5) is 15.9. The summed E-state index contributed by atoms with van der Waals surface area (Å²) >= 11 is 5.86. The molecule has 1 amide bonds. The van der Waals surface area contributed by atoms with Gasteiger partial charge in [0.25, 0.3) is 0 Å². The van der Waals surface area contributed by atoms with Crippen molar-refractivity contribution in [3.05, 3.63) is 29.6 Å². The molecule has 5 nitrogen and oxygen atoms in total. The Morgan fingerprint density at radius 2 is 2.24 bits per heavy atom. The number of alkyl halides is 1. The van der Waals surface area contributed by atoms with Crippen molar-refractivity contribution in [2.24, 2.45) is 5.73 Å². The molecule has 0 atom stereocenters. The number of carbonyl (C=O) groups is 1. The molecule has 1 aromatic carbocycles. The monoisotopic (exact) mass is 304 g/mol. The Kier molecular flexibility index (Phi) is 4.19. The number of nitrogens with two attached hydrogens (primary N) is 1. The second-order valence-electron chi connectivity index (χ2n) is 5.54. The number of imidazole rings is 1. The summed E-state index contributed by atoms with van der Waals surface area (Å²) in [5, 5.41) is 9.21. The molecular weight excluding hydrogens is 288 g/mol. The SMILES string of the molecule is CC(C)(CC(N)=O)n1c(CCCl)nc2c(C#N)cccc21. The van der Waals surface area contributed by atoms with Crippen molar-refractivity contribution in [2.75, 3.05) is 5.88 Å². The van der Waals surface area contributed by atoms with Crippen LogP contribution in [0.3, 0.4) is 0 Å². The largest absolute Gasteiger partial charge is 0.370 e. The van der Waals surface area contributed by atoms with E-state index in [2.05, 4.69) is 11.1 Å². The number of fused-ring (bicyclic) bond motifs is 1. The fourth-order valence-electron chi connectivity index (χ4n) is 2.67. The van der Waals surface area contributed by atoms with E-state index < -0.39 is 5.54 Å². The van der Waals surface area contributed by atoms with E-state index in [4.69, 9.17) is 17.3 Å². The van der Waals surface area contributed by atoms with Gasteiger partial charge < -0.3 is 10.3 Å². The van der Waals surface area contributed by atoms with Gasteiger partial charge >= 0.3 is 0 Å². The number of rotatable bonds is 5. The summed E-state index contributed by atoms with van der Waals surface area (Å²) in [6, 6.07) is 7.57. The fourth-order valence-corrected chi connectivity index (χ4v) is 2.84. The van der Waals surface area contributed by atoms with Gasteiger partial charge in [0, 0.05) is 24.3 Å². The standard InChI is InChI=1S/C15H17ClN4O/c1-15(2,8-12(18)21)20-11-5-3-4-10(9-17)14(11)19-13(20)6-7-16/h3-5H,6-8H2,1-2H3,(H2,18,21). The Balaban J connectivity index is 2.73. The van der Waals surface area contributed by atoms with Gasteiger partial charge in [-0.3, -0.25) is 4.79 Å². The maximum atomic E-state index is 11.3. The van der Waals surface area contributed by atoms with Gasteiger partial charge in [0.15, 0.2) is 0 Å². The summed E-state index contributed by atoms with van der Waals surface area (Å²) in [6.07, 6.45) is 0.744. The molecule has 1 heterocycles. The van der Waals surface area contributed by atoms with Crippen LogP contribution in [0.25, 0.3) is 11.0 Å². The summed E-state index contributed by atoms with van der Waals surface area (Å²) in [5.41, 5.74) is 6.79. The van der Waals surface area contributed by atoms with E-state index in [1.165, 1.54) is 0 Å². The molecule has 0 radical (unpaired) electrons. The van der Waals surface area contributed by atoms with Crippen LogP contribution in [0, 0.1) is 11.3 Å². The lowest BCUT2D eigenvalue weighted by Crippen LogP contribution is -2.33. The third kappa shape index (κ3) is 2.86. The first-order valence-electron chi connectivity index (χ1n) is 6.66. The number of benzene rings is 1. The van der Waals surface area contributed by atoms with Gasteiger partial charge in [0.05, 0.1) is 11.1 Å². The lowest BCUT2D eigenvalue weighted by Gasteiger charge is -2.28. The zero-order valence-electron chi connectivity index (χ0n) is 12.1. The molecule has 0 saturated carbocycles. The minimum atomic E-state index is -0.532. The molecule has 0 unspecified atom stereocenters. The molecule has 0 bridgehead atoms. The Morgan fingerprint density at radius 3 is 2.81 bits per heavy atom. The highest BCUT2D eigenvalue weighted by molar-refractivity contribution is 6.17. The highest BCUT2D eigenvalue weighted by Crippen LogP contribution is 2.29. The van der Waals surface area contributed by atoms with E-state index in [-0.39, 0.29) is 12.3 Å². The minimum absolute atomic E-state index is 0.185. The van der Waals surface area contributed by atoms with Gasteiger partial charge in [-0.1, -0.05) is 6.07 Å². The van der Waals surface area contributed by atoms with Crippen LogP contribution in [0.2, 0.25) is 0 Å². The number of aromatic nitrogens is 2. The van der Waals surface area contributed by atoms with Crippen molar-refractivity contribution in [3.63, 3.8) is 0 Å². The number of hydrogen-bond donors (Lipinski definition) is 1. The number of para-hydroxylation sites is 1. The summed E-state index contributed by atoms with van der Waals surface area (Å²) in [7, 11) is 0. The van der Waals surface area contributed by atoms with Crippen LogP contribution >= 0.6 is 11.6 Å². The minimum Gasteiger partial charge on any atom is -0.370 e. The zero-order valence-corrected chi connectivity index (χ0v) is 12.8. The number of amides is 1. The van der Waals surface area contributed by atoms with Crippen molar-refractivity contribution >= 4 is 28.5 Å². The quantitative estimate of drug-likeness (QED) is 0.860. The highest BCUT2D eigenvalue weighted by Gasteiger charge is 2.28. The van der Waals surface area contributed by atoms with E-state index in [0.717, 1.165) is 11.3 Å². The van der Waals surface area contributed by atoms with Crippen molar-refractivity contribution in [1.29, 1.82) is 5.26 Å². The molecule has 2 aromatic rings. The molecule has 0 saturated heterocycles. The van der Waals surface area contributed by atoms with E-state index in [1.807, 2.05) is 30.5 Å². The molecule has 2 N–H and O–H groups in total. The average molecular weight is 305 g/mol. The summed E-state index contributed by atoms with van der Waals surface area (Å²) < 4.78 is 1.97. The zero-order chi connectivity index (χ0) is 15.6. The molecule has 6 heteroatoms. The number of primary amides is 1. The maximum absolute atomic E-state index is 11.3. The number of halogens is 1. The number of carbonyl (C=O) groups excluding carboxylic acids is 1. The van der Waals surface area contributed by atoms with Crippen LogP contribution in [-0.2, 0) is 16.8 Å². The van der Waals surface area contributed by atoms with Crippen LogP contribution in [0.4, 0.5) is 0 Å². The Morgan fingerprint density at radius 1 is 1.52 bits per heavy atom. The second kappa shape index (κ2) is 5.74. The number of aryl methyl sites for hydroxylation is 1. The number of nitriles is 1.